The van der Waals surface area contributed by atoms with Gasteiger partial charge in [0, 0.05) is 20.2 Å². The van der Waals surface area contributed by atoms with Crippen LogP contribution in [0.3, 0.4) is 0 Å². The van der Waals surface area contributed by atoms with Crippen LogP contribution in [0.15, 0.2) is 53.9 Å². The van der Waals surface area contributed by atoms with Gasteiger partial charge in [-0.3, -0.25) is 4.79 Å². The molecule has 0 N–H and O–H groups in total. The fourth-order valence-electron chi connectivity index (χ4n) is 3.24. The van der Waals surface area contributed by atoms with Gasteiger partial charge in [-0.15, -0.1) is 0 Å². The number of Topliss-reactive ketones (excluding diaryl/α,β-unsaturated/α-hetero) is 1. The quantitative estimate of drug-likeness (QED) is 0.554. The number of anilines is 2. The average molecular weight is 388 g/mol. The zero-order valence-electron chi connectivity index (χ0n) is 16.5. The minimum atomic E-state index is -0.444. The number of para-hydroxylation sites is 2. The summed E-state index contributed by atoms with van der Waals surface area (Å²) in [5.74, 6) is 0.791. The number of carbonyl (C=O) groups excluding carboxylic acids is 1. The molecule has 146 valence electrons. The molecule has 0 aromatic heterocycles. The van der Waals surface area contributed by atoms with Crippen molar-refractivity contribution in [1.29, 1.82) is 10.5 Å². The fraction of sp³-hybridized carbons (Fsp3) is 0.227. The van der Waals surface area contributed by atoms with E-state index in [9.17, 15) is 10.1 Å². The van der Waals surface area contributed by atoms with Gasteiger partial charge in [0.2, 0.25) is 5.78 Å². The predicted molar refractivity (Wildman–Crippen MR) is 109 cm³/mol. The molecule has 7 nitrogen and oxygen atoms in total. The first kappa shape index (κ1) is 19.8. The van der Waals surface area contributed by atoms with Crippen LogP contribution in [0.4, 0.5) is 11.4 Å². The van der Waals surface area contributed by atoms with Gasteiger partial charge in [-0.05, 0) is 31.2 Å². The third-order valence-corrected chi connectivity index (χ3v) is 4.59. The number of nitriles is 2. The molecule has 7 heteroatoms. The number of hydrogen-bond acceptors (Lipinski definition) is 7. The summed E-state index contributed by atoms with van der Waals surface area (Å²) < 4.78 is 11.1. The Labute approximate surface area is 169 Å². The SMILES string of the molecule is CCOc1cc(C#N)ccc1OCC(=O)C(C#N)=C1N(C)c2ccccc2N1C. The van der Waals surface area contributed by atoms with E-state index in [1.54, 1.807) is 18.2 Å². The number of nitrogens with zero attached hydrogens (tertiary/aromatic N) is 4. The first-order chi connectivity index (χ1) is 14.0. The van der Waals surface area contributed by atoms with Gasteiger partial charge in [0.05, 0.1) is 29.6 Å². The maximum absolute atomic E-state index is 12.8. The van der Waals surface area contributed by atoms with Gasteiger partial charge in [0.25, 0.3) is 0 Å². The van der Waals surface area contributed by atoms with Crippen LogP contribution in [0, 0.1) is 22.7 Å². The molecule has 0 atom stereocenters. The van der Waals surface area contributed by atoms with Gasteiger partial charge in [0.15, 0.2) is 18.1 Å². The molecule has 0 aliphatic carbocycles. The van der Waals surface area contributed by atoms with Gasteiger partial charge in [0.1, 0.15) is 17.5 Å². The highest BCUT2D eigenvalue weighted by Gasteiger charge is 2.31. The molecule has 29 heavy (non-hydrogen) atoms. The second-order valence-corrected chi connectivity index (χ2v) is 6.34. The lowest BCUT2D eigenvalue weighted by Gasteiger charge is -2.20. The van der Waals surface area contributed by atoms with E-state index in [0.717, 1.165) is 11.4 Å². The molecule has 1 aliphatic rings. The minimum absolute atomic E-state index is 0.0119. The summed E-state index contributed by atoms with van der Waals surface area (Å²) in [5, 5.41) is 18.7. The van der Waals surface area contributed by atoms with Crippen LogP contribution >= 0.6 is 0 Å². The van der Waals surface area contributed by atoms with Crippen molar-refractivity contribution >= 4 is 17.2 Å². The van der Waals surface area contributed by atoms with Gasteiger partial charge in [-0.2, -0.15) is 10.5 Å². The maximum Gasteiger partial charge on any atom is 0.214 e. The van der Waals surface area contributed by atoms with Crippen molar-refractivity contribution in [2.75, 3.05) is 37.1 Å². The van der Waals surface area contributed by atoms with Gasteiger partial charge in [-0.25, -0.2) is 0 Å². The van der Waals surface area contributed by atoms with Crippen molar-refractivity contribution < 1.29 is 14.3 Å². The lowest BCUT2D eigenvalue weighted by molar-refractivity contribution is -0.117. The van der Waals surface area contributed by atoms with Crippen molar-refractivity contribution in [3.8, 4) is 23.6 Å². The standard InChI is InChI=1S/C22H20N4O3/c1-4-28-21-11-15(12-23)9-10-20(21)29-14-19(27)16(13-24)22-25(2)17-7-5-6-8-18(17)26(22)3/h5-11H,4,14H2,1-3H3. The monoisotopic (exact) mass is 388 g/mol. The summed E-state index contributed by atoms with van der Waals surface area (Å²) in [6.07, 6.45) is 0. The molecule has 0 amide bonds. The number of carbonyl (C=O) groups is 1. The number of rotatable bonds is 6. The van der Waals surface area contributed by atoms with E-state index in [-0.39, 0.29) is 12.2 Å². The molecule has 0 radical (unpaired) electrons. The van der Waals surface area contributed by atoms with Crippen molar-refractivity contribution in [3.05, 3.63) is 59.4 Å². The second kappa shape index (κ2) is 8.37. The van der Waals surface area contributed by atoms with Crippen LogP contribution in [-0.2, 0) is 4.79 Å². The first-order valence-corrected chi connectivity index (χ1v) is 9.05. The third kappa shape index (κ3) is 3.71. The molecule has 0 unspecified atom stereocenters. The van der Waals surface area contributed by atoms with Crippen LogP contribution in [0.25, 0.3) is 0 Å². The van der Waals surface area contributed by atoms with Crippen molar-refractivity contribution in [2.24, 2.45) is 0 Å². The normalized spacial score (nSPS) is 12.1. The summed E-state index contributed by atoms with van der Waals surface area (Å²) in [7, 11) is 3.63. The molecule has 2 aromatic rings. The Kier molecular flexibility index (Phi) is 5.71. The smallest absolute Gasteiger partial charge is 0.214 e. The Balaban J connectivity index is 1.85. The van der Waals surface area contributed by atoms with Gasteiger partial charge < -0.3 is 19.3 Å². The minimum Gasteiger partial charge on any atom is -0.490 e. The number of benzene rings is 2. The second-order valence-electron chi connectivity index (χ2n) is 6.34. The van der Waals surface area contributed by atoms with Crippen LogP contribution < -0.4 is 19.3 Å². The predicted octanol–water partition coefficient (Wildman–Crippen LogP) is 3.23. The topological polar surface area (TPSA) is 89.6 Å². The summed E-state index contributed by atoms with van der Waals surface area (Å²) in [4.78, 5) is 16.5. The average Bonchev–Trinajstić information content (AvgIpc) is 2.99. The highest BCUT2D eigenvalue weighted by atomic mass is 16.5. The molecule has 2 aromatic carbocycles. The van der Waals surface area contributed by atoms with Crippen LogP contribution in [0.5, 0.6) is 11.5 Å². The maximum atomic E-state index is 12.8. The molecule has 1 heterocycles. The van der Waals surface area contributed by atoms with Gasteiger partial charge in [-0.1, -0.05) is 12.1 Å². The molecule has 3 rings (SSSR count). The summed E-state index contributed by atoms with van der Waals surface area (Å²) in [6.45, 7) is 1.88. The Morgan fingerprint density at radius 3 is 2.21 bits per heavy atom. The largest absolute Gasteiger partial charge is 0.490 e. The summed E-state index contributed by atoms with van der Waals surface area (Å²) in [5.41, 5.74) is 2.27. The van der Waals surface area contributed by atoms with Gasteiger partial charge >= 0.3 is 0 Å². The molecular formula is C22H20N4O3. The molecule has 0 spiro atoms. The van der Waals surface area contributed by atoms with E-state index < -0.39 is 5.78 Å². The van der Waals surface area contributed by atoms with Crippen LogP contribution in [-0.4, -0.2) is 33.1 Å². The molecular weight excluding hydrogens is 368 g/mol. The lowest BCUT2D eigenvalue weighted by atomic mass is 10.2. The molecule has 0 fully saturated rings. The van der Waals surface area contributed by atoms with Crippen LogP contribution in [0.1, 0.15) is 12.5 Å². The summed E-state index contributed by atoms with van der Waals surface area (Å²) in [6, 6.07) is 16.5. The Bertz CT molecular complexity index is 1030. The first-order valence-electron chi connectivity index (χ1n) is 9.05. The Morgan fingerprint density at radius 1 is 1.00 bits per heavy atom. The molecule has 0 saturated carbocycles. The number of ketones is 1. The Hall–Kier alpha value is -3.97. The van der Waals surface area contributed by atoms with E-state index >= 15 is 0 Å². The van der Waals surface area contributed by atoms with E-state index in [4.69, 9.17) is 14.7 Å². The molecule has 0 bridgehead atoms. The number of hydrogen-bond donors (Lipinski definition) is 0. The number of fused-ring (bicyclic) bond motifs is 1. The number of ether oxygens (including phenoxy) is 2. The molecule has 0 saturated heterocycles. The highest BCUT2D eigenvalue weighted by molar-refractivity contribution is 6.03. The van der Waals surface area contributed by atoms with Crippen LogP contribution in [0.2, 0.25) is 0 Å². The van der Waals surface area contributed by atoms with E-state index in [0.29, 0.717) is 29.5 Å². The van der Waals surface area contributed by atoms with Crippen molar-refractivity contribution in [3.63, 3.8) is 0 Å². The summed E-state index contributed by atoms with van der Waals surface area (Å²) >= 11 is 0. The Morgan fingerprint density at radius 2 is 1.66 bits per heavy atom. The van der Waals surface area contributed by atoms with Crippen molar-refractivity contribution in [1.82, 2.24) is 0 Å². The van der Waals surface area contributed by atoms with E-state index in [1.165, 1.54) is 0 Å². The molecule has 1 aliphatic heterocycles. The fourth-order valence-corrected chi connectivity index (χ4v) is 3.24. The zero-order chi connectivity index (χ0) is 21.0. The van der Waals surface area contributed by atoms with Crippen molar-refractivity contribution in [2.45, 2.75) is 6.92 Å². The van der Waals surface area contributed by atoms with E-state index in [1.807, 2.05) is 67.2 Å². The lowest BCUT2D eigenvalue weighted by Crippen LogP contribution is -2.27. The highest BCUT2D eigenvalue weighted by Crippen LogP contribution is 2.40. The van der Waals surface area contributed by atoms with E-state index in [2.05, 4.69) is 0 Å². The third-order valence-electron chi connectivity index (χ3n) is 4.59. The zero-order valence-corrected chi connectivity index (χ0v) is 16.5.